The summed E-state index contributed by atoms with van der Waals surface area (Å²) in [6, 6.07) is 9.53. The van der Waals surface area contributed by atoms with Gasteiger partial charge in [-0.05, 0) is 44.2 Å². The van der Waals surface area contributed by atoms with Crippen LogP contribution in [0.2, 0.25) is 0 Å². The minimum atomic E-state index is -2.51. The van der Waals surface area contributed by atoms with Gasteiger partial charge in [0.2, 0.25) is 0 Å². The summed E-state index contributed by atoms with van der Waals surface area (Å²) in [6.07, 6.45) is 18.1. The van der Waals surface area contributed by atoms with Crippen LogP contribution in [0.15, 0.2) is 42.5 Å². The van der Waals surface area contributed by atoms with Crippen molar-refractivity contribution >= 4 is 12.4 Å². The van der Waals surface area contributed by atoms with E-state index in [-0.39, 0.29) is 0 Å². The molecule has 0 aliphatic carbocycles. The summed E-state index contributed by atoms with van der Waals surface area (Å²) in [4.78, 5) is 0. The maximum Gasteiger partial charge on any atom is 0.179 e. The van der Waals surface area contributed by atoms with Gasteiger partial charge in [0.05, 0.1) is 0 Å². The molecule has 0 heterocycles. The third-order valence-corrected chi connectivity index (χ3v) is 5.44. The highest BCUT2D eigenvalue weighted by Gasteiger charge is 2.13. The second-order valence-electron chi connectivity index (χ2n) is 5.72. The van der Waals surface area contributed by atoms with Crippen LogP contribution in [0.5, 0.6) is 0 Å². The molecule has 1 nitrogen and oxygen atoms in total. The molecule has 23 heavy (non-hydrogen) atoms. The van der Waals surface area contributed by atoms with Crippen LogP contribution in [0.1, 0.15) is 51.4 Å². The van der Waals surface area contributed by atoms with Crippen molar-refractivity contribution in [2.24, 2.45) is 0 Å². The summed E-state index contributed by atoms with van der Waals surface area (Å²) in [6.45, 7) is 1.75. The summed E-state index contributed by atoms with van der Waals surface area (Å²) in [7, 11) is -2.51. The van der Waals surface area contributed by atoms with Crippen molar-refractivity contribution in [3.05, 3.63) is 42.5 Å². The van der Waals surface area contributed by atoms with E-state index in [1.54, 1.807) is 6.66 Å². The van der Waals surface area contributed by atoms with Crippen molar-refractivity contribution in [2.45, 2.75) is 51.4 Å². The summed E-state index contributed by atoms with van der Waals surface area (Å²) in [5.41, 5.74) is 2.98. The van der Waals surface area contributed by atoms with Gasteiger partial charge < -0.3 is 4.57 Å². The largest absolute Gasteiger partial charge is 0.305 e. The van der Waals surface area contributed by atoms with Crippen molar-refractivity contribution in [3.63, 3.8) is 0 Å². The van der Waals surface area contributed by atoms with E-state index < -0.39 is 7.14 Å². The number of allylic oxidation sites excluding steroid dienone is 2. The first-order chi connectivity index (χ1) is 11.2. The molecule has 1 aromatic carbocycles. The van der Waals surface area contributed by atoms with E-state index in [2.05, 4.69) is 29.7 Å². The maximum absolute atomic E-state index is 12.5. The number of hydrogen-bond acceptors (Lipinski definition) is 1. The monoisotopic (exact) mass is 326 g/mol. The minimum Gasteiger partial charge on any atom is -0.305 e. The second kappa shape index (κ2) is 11.8. The Labute approximate surface area is 142 Å². The smallest absolute Gasteiger partial charge is 0.179 e. The zero-order valence-electron chi connectivity index (χ0n) is 14.1. The van der Waals surface area contributed by atoms with Crippen molar-refractivity contribution in [1.29, 1.82) is 0 Å². The van der Waals surface area contributed by atoms with Gasteiger partial charge in [0.15, 0.2) is 7.14 Å². The fraction of sp³-hybridized carbons (Fsp3) is 0.429. The van der Waals surface area contributed by atoms with Crippen LogP contribution in [0.3, 0.4) is 0 Å². The standard InChI is InChI=1S/C21H27OP/c1-3-4-5-6-7-8-9-10-11-12-13-17-20-23(2,22)21-18-15-14-16-19-21/h1,8-9,14-16,18-19H,4-7,10-13H2,2H3/b9-8+. The Hall–Kier alpha value is -1.69. The Bertz CT molecular complexity index is 611. The number of terminal acetylenes is 1. The lowest BCUT2D eigenvalue weighted by Crippen LogP contribution is -2.00. The third-order valence-electron chi connectivity index (χ3n) is 3.57. The predicted molar refractivity (Wildman–Crippen MR) is 102 cm³/mol. The summed E-state index contributed by atoms with van der Waals surface area (Å²) in [5.74, 6) is 5.76. The maximum atomic E-state index is 12.5. The number of rotatable bonds is 9. The molecule has 1 unspecified atom stereocenters. The van der Waals surface area contributed by atoms with E-state index in [9.17, 15) is 4.57 Å². The quantitative estimate of drug-likeness (QED) is 0.251. The topological polar surface area (TPSA) is 17.1 Å². The molecule has 1 atom stereocenters. The fourth-order valence-corrected chi connectivity index (χ4v) is 3.47. The molecule has 1 rings (SSSR count). The first-order valence-corrected chi connectivity index (χ1v) is 10.5. The molecule has 0 bridgehead atoms. The van der Waals surface area contributed by atoms with Gasteiger partial charge in [-0.25, -0.2) is 0 Å². The molecule has 0 aromatic heterocycles. The van der Waals surface area contributed by atoms with Crippen molar-refractivity contribution in [1.82, 2.24) is 0 Å². The lowest BCUT2D eigenvalue weighted by molar-refractivity contribution is 0.591. The zero-order chi connectivity index (χ0) is 16.8. The van der Waals surface area contributed by atoms with Gasteiger partial charge in [0.25, 0.3) is 0 Å². The van der Waals surface area contributed by atoms with Crippen molar-refractivity contribution in [3.8, 4) is 23.9 Å². The van der Waals surface area contributed by atoms with E-state index in [1.807, 2.05) is 30.3 Å². The summed E-state index contributed by atoms with van der Waals surface area (Å²) < 4.78 is 12.5. The highest BCUT2D eigenvalue weighted by molar-refractivity contribution is 7.75. The van der Waals surface area contributed by atoms with Gasteiger partial charge in [-0.1, -0.05) is 48.4 Å². The van der Waals surface area contributed by atoms with Gasteiger partial charge in [-0.2, -0.15) is 0 Å². The SMILES string of the molecule is C#CCCCC/C=C/CCCCC#CP(C)(=O)c1ccccc1. The van der Waals surface area contributed by atoms with E-state index in [0.29, 0.717) is 0 Å². The predicted octanol–water partition coefficient (Wildman–Crippen LogP) is 5.58. The van der Waals surface area contributed by atoms with Gasteiger partial charge in [-0.3, -0.25) is 0 Å². The molecular formula is C21H27OP. The summed E-state index contributed by atoms with van der Waals surface area (Å²) in [5, 5.41) is 0.847. The highest BCUT2D eigenvalue weighted by atomic mass is 31.2. The average molecular weight is 326 g/mol. The molecule has 0 spiro atoms. The first kappa shape index (κ1) is 19.4. The van der Waals surface area contributed by atoms with Crippen LogP contribution in [-0.2, 0) is 4.57 Å². The van der Waals surface area contributed by atoms with Gasteiger partial charge >= 0.3 is 0 Å². The van der Waals surface area contributed by atoms with E-state index >= 15 is 0 Å². The van der Waals surface area contributed by atoms with Crippen molar-refractivity contribution in [2.75, 3.05) is 6.66 Å². The second-order valence-corrected chi connectivity index (χ2v) is 8.30. The Balaban J connectivity index is 2.15. The fourth-order valence-electron chi connectivity index (χ4n) is 2.18. The molecule has 0 amide bonds. The van der Waals surface area contributed by atoms with Gasteiger partial charge in [0.1, 0.15) is 0 Å². The van der Waals surface area contributed by atoms with Crippen LogP contribution < -0.4 is 5.30 Å². The molecule has 0 N–H and O–H groups in total. The summed E-state index contributed by atoms with van der Waals surface area (Å²) >= 11 is 0. The number of hydrogen-bond donors (Lipinski definition) is 0. The molecule has 122 valence electrons. The molecule has 0 fully saturated rings. The van der Waals surface area contributed by atoms with E-state index in [4.69, 9.17) is 6.42 Å². The lowest BCUT2D eigenvalue weighted by atomic mass is 10.1. The average Bonchev–Trinajstić information content (AvgIpc) is 2.56. The first-order valence-electron chi connectivity index (χ1n) is 8.38. The van der Waals surface area contributed by atoms with Crippen LogP contribution in [0.25, 0.3) is 0 Å². The Kier molecular flexibility index (Phi) is 9.95. The molecule has 0 saturated carbocycles. The minimum absolute atomic E-state index is 0.820. The molecule has 0 aliphatic rings. The Morgan fingerprint density at radius 3 is 2.22 bits per heavy atom. The van der Waals surface area contributed by atoms with Crippen molar-refractivity contribution < 1.29 is 4.57 Å². The number of benzene rings is 1. The van der Waals surface area contributed by atoms with Crippen LogP contribution in [0, 0.1) is 23.9 Å². The van der Waals surface area contributed by atoms with Crippen LogP contribution in [-0.4, -0.2) is 6.66 Å². The van der Waals surface area contributed by atoms with Gasteiger partial charge in [-0.15, -0.1) is 12.3 Å². The molecule has 0 aliphatic heterocycles. The van der Waals surface area contributed by atoms with Crippen LogP contribution >= 0.6 is 7.14 Å². The molecule has 2 heteroatoms. The Morgan fingerprint density at radius 1 is 1.00 bits per heavy atom. The normalized spacial score (nSPS) is 13.0. The van der Waals surface area contributed by atoms with E-state index in [1.165, 1.54) is 6.42 Å². The number of unbranched alkanes of at least 4 members (excludes halogenated alkanes) is 6. The molecular weight excluding hydrogens is 299 g/mol. The highest BCUT2D eigenvalue weighted by Crippen LogP contribution is 2.37. The van der Waals surface area contributed by atoms with E-state index in [0.717, 1.165) is 50.3 Å². The third kappa shape index (κ3) is 9.13. The molecule has 0 saturated heterocycles. The van der Waals surface area contributed by atoms with Crippen LogP contribution in [0.4, 0.5) is 0 Å². The zero-order valence-corrected chi connectivity index (χ0v) is 15.0. The Morgan fingerprint density at radius 2 is 1.61 bits per heavy atom. The van der Waals surface area contributed by atoms with Gasteiger partial charge in [0, 0.05) is 24.8 Å². The molecule has 1 aromatic rings. The lowest BCUT2D eigenvalue weighted by Gasteiger charge is -2.04. The molecule has 0 radical (unpaired) electrons.